The van der Waals surface area contributed by atoms with Crippen LogP contribution in [0.25, 0.3) is 0 Å². The number of rotatable bonds is 0. The van der Waals surface area contributed by atoms with Gasteiger partial charge in [-0.25, -0.2) is 0 Å². The molecule has 1 aromatic carbocycles. The molecule has 0 aliphatic carbocycles. The Kier molecular flexibility index (Phi) is 1.75. The SMILES string of the molecule is N[C@H]1Oc2ccccc2CC1O. The number of fused-ring (bicyclic) bond motifs is 1. The van der Waals surface area contributed by atoms with Crippen molar-refractivity contribution in [3.63, 3.8) is 0 Å². The molecule has 0 saturated carbocycles. The Morgan fingerprint density at radius 1 is 1.42 bits per heavy atom. The van der Waals surface area contributed by atoms with Crippen LogP contribution in [0.2, 0.25) is 0 Å². The Labute approximate surface area is 70.8 Å². The van der Waals surface area contributed by atoms with Gasteiger partial charge in [0, 0.05) is 6.42 Å². The quantitative estimate of drug-likeness (QED) is 0.580. The van der Waals surface area contributed by atoms with Crippen LogP contribution in [0.1, 0.15) is 5.56 Å². The van der Waals surface area contributed by atoms with E-state index in [2.05, 4.69) is 0 Å². The normalized spacial score (nSPS) is 27.5. The molecule has 64 valence electrons. The molecule has 0 saturated heterocycles. The van der Waals surface area contributed by atoms with Gasteiger partial charge in [0.15, 0.2) is 6.23 Å². The van der Waals surface area contributed by atoms with E-state index < -0.39 is 12.3 Å². The molecule has 0 spiro atoms. The zero-order chi connectivity index (χ0) is 8.55. The number of ether oxygens (including phenoxy) is 1. The molecule has 0 amide bonds. The fourth-order valence-electron chi connectivity index (χ4n) is 1.35. The predicted octanol–water partition coefficient (Wildman–Crippen LogP) is 0.267. The average molecular weight is 165 g/mol. The smallest absolute Gasteiger partial charge is 0.174 e. The van der Waals surface area contributed by atoms with E-state index in [-0.39, 0.29) is 0 Å². The van der Waals surface area contributed by atoms with Crippen molar-refractivity contribution in [2.24, 2.45) is 5.73 Å². The van der Waals surface area contributed by atoms with E-state index in [0.717, 1.165) is 11.3 Å². The molecule has 0 bridgehead atoms. The molecule has 1 aromatic rings. The highest BCUT2D eigenvalue weighted by Crippen LogP contribution is 2.25. The molecule has 0 radical (unpaired) electrons. The van der Waals surface area contributed by atoms with Crippen molar-refractivity contribution in [2.45, 2.75) is 18.8 Å². The molecule has 1 aliphatic heterocycles. The standard InChI is InChI=1S/C9H11NO2/c10-9-7(11)5-6-3-1-2-4-8(6)12-9/h1-4,7,9,11H,5,10H2/t7?,9-/m0/s1. The minimum atomic E-state index is -0.583. The lowest BCUT2D eigenvalue weighted by molar-refractivity contribution is 0.0258. The highest BCUT2D eigenvalue weighted by atomic mass is 16.5. The maximum atomic E-state index is 9.37. The molecule has 2 atom stereocenters. The lowest BCUT2D eigenvalue weighted by Crippen LogP contribution is -2.44. The van der Waals surface area contributed by atoms with E-state index in [1.165, 1.54) is 0 Å². The minimum absolute atomic E-state index is 0.581. The Morgan fingerprint density at radius 2 is 2.17 bits per heavy atom. The van der Waals surface area contributed by atoms with E-state index in [0.29, 0.717) is 6.42 Å². The van der Waals surface area contributed by atoms with E-state index in [4.69, 9.17) is 10.5 Å². The summed E-state index contributed by atoms with van der Waals surface area (Å²) in [6.07, 6.45) is -0.586. The second kappa shape index (κ2) is 2.77. The molecule has 1 aliphatic rings. The number of para-hydroxylation sites is 1. The van der Waals surface area contributed by atoms with E-state index >= 15 is 0 Å². The minimum Gasteiger partial charge on any atom is -0.473 e. The first kappa shape index (κ1) is 7.58. The van der Waals surface area contributed by atoms with Crippen LogP contribution < -0.4 is 10.5 Å². The Morgan fingerprint density at radius 3 is 3.00 bits per heavy atom. The molecule has 3 nitrogen and oxygen atoms in total. The molecule has 12 heavy (non-hydrogen) atoms. The second-order valence-corrected chi connectivity index (χ2v) is 2.96. The van der Waals surface area contributed by atoms with Gasteiger partial charge in [-0.05, 0) is 11.6 Å². The summed E-state index contributed by atoms with van der Waals surface area (Å²) in [6, 6.07) is 7.61. The average Bonchev–Trinajstić information content (AvgIpc) is 2.07. The summed E-state index contributed by atoms with van der Waals surface area (Å²) in [5.41, 5.74) is 6.54. The number of benzene rings is 1. The third-order valence-electron chi connectivity index (χ3n) is 2.04. The second-order valence-electron chi connectivity index (χ2n) is 2.96. The van der Waals surface area contributed by atoms with E-state index in [1.807, 2.05) is 24.3 Å². The molecule has 1 heterocycles. The van der Waals surface area contributed by atoms with Gasteiger partial charge >= 0.3 is 0 Å². The summed E-state index contributed by atoms with van der Waals surface area (Å²) < 4.78 is 5.27. The number of aliphatic hydroxyl groups is 1. The Bertz CT molecular complexity index is 259. The van der Waals surface area contributed by atoms with Crippen LogP contribution >= 0.6 is 0 Å². The van der Waals surface area contributed by atoms with Crippen molar-refractivity contribution >= 4 is 0 Å². The van der Waals surface area contributed by atoms with Crippen LogP contribution in [0.3, 0.4) is 0 Å². The maximum absolute atomic E-state index is 9.37. The van der Waals surface area contributed by atoms with Crippen molar-refractivity contribution in [1.82, 2.24) is 0 Å². The maximum Gasteiger partial charge on any atom is 0.174 e. The Balaban J connectivity index is 2.34. The van der Waals surface area contributed by atoms with Crippen LogP contribution in [0.5, 0.6) is 5.75 Å². The van der Waals surface area contributed by atoms with Crippen molar-refractivity contribution in [2.75, 3.05) is 0 Å². The number of hydrogen-bond acceptors (Lipinski definition) is 3. The van der Waals surface area contributed by atoms with E-state index in [1.54, 1.807) is 0 Å². The van der Waals surface area contributed by atoms with Gasteiger partial charge in [-0.15, -0.1) is 0 Å². The van der Waals surface area contributed by atoms with Gasteiger partial charge in [0.2, 0.25) is 0 Å². The summed E-state index contributed by atoms with van der Waals surface area (Å²) in [5, 5.41) is 9.37. The van der Waals surface area contributed by atoms with Gasteiger partial charge in [-0.2, -0.15) is 0 Å². The first-order chi connectivity index (χ1) is 5.77. The molecule has 0 aromatic heterocycles. The predicted molar refractivity (Wildman–Crippen MR) is 44.8 cm³/mol. The van der Waals surface area contributed by atoms with Gasteiger partial charge in [0.25, 0.3) is 0 Å². The monoisotopic (exact) mass is 165 g/mol. The van der Waals surface area contributed by atoms with Crippen LogP contribution in [-0.4, -0.2) is 17.4 Å². The van der Waals surface area contributed by atoms with Crippen LogP contribution in [-0.2, 0) is 6.42 Å². The number of nitrogens with two attached hydrogens (primary N) is 1. The van der Waals surface area contributed by atoms with Gasteiger partial charge in [-0.1, -0.05) is 18.2 Å². The zero-order valence-corrected chi connectivity index (χ0v) is 6.60. The fraction of sp³-hybridized carbons (Fsp3) is 0.333. The third kappa shape index (κ3) is 1.17. The summed E-state index contributed by atoms with van der Waals surface area (Å²) in [4.78, 5) is 0. The third-order valence-corrected chi connectivity index (χ3v) is 2.04. The molecular weight excluding hydrogens is 154 g/mol. The van der Waals surface area contributed by atoms with Crippen molar-refractivity contribution < 1.29 is 9.84 Å². The summed E-state index contributed by atoms with van der Waals surface area (Å²) in [6.45, 7) is 0. The van der Waals surface area contributed by atoms with Gasteiger partial charge in [0.1, 0.15) is 11.9 Å². The summed E-state index contributed by atoms with van der Waals surface area (Å²) in [5.74, 6) is 0.787. The summed E-state index contributed by atoms with van der Waals surface area (Å²) >= 11 is 0. The highest BCUT2D eigenvalue weighted by Gasteiger charge is 2.24. The van der Waals surface area contributed by atoms with Crippen molar-refractivity contribution in [3.8, 4) is 5.75 Å². The molecule has 3 heteroatoms. The van der Waals surface area contributed by atoms with Crippen molar-refractivity contribution in [1.29, 1.82) is 0 Å². The fourth-order valence-corrected chi connectivity index (χ4v) is 1.35. The number of hydrogen-bond donors (Lipinski definition) is 2. The molecule has 1 unspecified atom stereocenters. The largest absolute Gasteiger partial charge is 0.473 e. The van der Waals surface area contributed by atoms with Crippen LogP contribution in [0.15, 0.2) is 24.3 Å². The zero-order valence-electron chi connectivity index (χ0n) is 6.60. The highest BCUT2D eigenvalue weighted by molar-refractivity contribution is 5.35. The van der Waals surface area contributed by atoms with Gasteiger partial charge in [-0.3, -0.25) is 5.73 Å². The molecule has 3 N–H and O–H groups in total. The van der Waals surface area contributed by atoms with Crippen LogP contribution in [0.4, 0.5) is 0 Å². The lowest BCUT2D eigenvalue weighted by Gasteiger charge is -2.27. The Hall–Kier alpha value is -1.06. The first-order valence-corrected chi connectivity index (χ1v) is 3.95. The van der Waals surface area contributed by atoms with Crippen molar-refractivity contribution in [3.05, 3.63) is 29.8 Å². The van der Waals surface area contributed by atoms with Gasteiger partial charge < -0.3 is 9.84 Å². The van der Waals surface area contributed by atoms with Crippen LogP contribution in [0, 0.1) is 0 Å². The lowest BCUT2D eigenvalue weighted by atomic mass is 10.0. The number of aliphatic hydroxyl groups excluding tert-OH is 1. The first-order valence-electron chi connectivity index (χ1n) is 3.95. The van der Waals surface area contributed by atoms with Gasteiger partial charge in [0.05, 0.1) is 0 Å². The van der Waals surface area contributed by atoms with E-state index in [9.17, 15) is 5.11 Å². The molecular formula is C9H11NO2. The molecule has 2 rings (SSSR count). The summed E-state index contributed by atoms with van der Waals surface area (Å²) in [7, 11) is 0. The molecule has 0 fully saturated rings. The topological polar surface area (TPSA) is 55.5 Å².